The summed E-state index contributed by atoms with van der Waals surface area (Å²) in [5.74, 6) is -0.509. The van der Waals surface area contributed by atoms with E-state index >= 15 is 0 Å². The van der Waals surface area contributed by atoms with E-state index in [-0.39, 0.29) is 12.3 Å². The van der Waals surface area contributed by atoms with Crippen LogP contribution in [-0.2, 0) is 10.3 Å². The molecule has 9 heteroatoms. The van der Waals surface area contributed by atoms with Crippen LogP contribution in [0.25, 0.3) is 22.3 Å². The summed E-state index contributed by atoms with van der Waals surface area (Å²) in [4.78, 5) is 13.2. The maximum absolute atomic E-state index is 13.2. The first-order valence-electron chi connectivity index (χ1n) is 9.63. The van der Waals surface area contributed by atoms with Crippen LogP contribution in [0.4, 0.5) is 0 Å². The van der Waals surface area contributed by atoms with E-state index in [2.05, 4.69) is 26.2 Å². The quantitative estimate of drug-likeness (QED) is 0.386. The number of ether oxygens (including phenoxy) is 1. The van der Waals surface area contributed by atoms with E-state index in [0.717, 1.165) is 15.4 Å². The molecule has 1 N–H and O–H groups in total. The lowest BCUT2D eigenvalue weighted by Gasteiger charge is -2.12. The number of carbonyl (C=O) groups excluding carboxylic acids is 1. The summed E-state index contributed by atoms with van der Waals surface area (Å²) in [6.45, 7) is 5.21. The lowest BCUT2D eigenvalue weighted by molar-refractivity contribution is 0.0517. The normalized spacial score (nSPS) is 11.8. The van der Waals surface area contributed by atoms with Crippen molar-refractivity contribution in [1.29, 1.82) is 0 Å². The topological polar surface area (TPSA) is 82.2 Å². The van der Waals surface area contributed by atoms with Gasteiger partial charge in [0.05, 0.1) is 18.3 Å². The number of carbonyl (C=O) groups is 1. The van der Waals surface area contributed by atoms with Crippen LogP contribution in [0.15, 0.2) is 53.1 Å². The zero-order chi connectivity index (χ0) is 22.3. The summed E-state index contributed by atoms with van der Waals surface area (Å²) in [6.07, 6.45) is 1.61. The van der Waals surface area contributed by atoms with Crippen molar-refractivity contribution in [3.63, 3.8) is 0 Å². The van der Waals surface area contributed by atoms with Gasteiger partial charge in [-0.25, -0.2) is 9.48 Å². The molecule has 0 fully saturated rings. The molecule has 2 aromatic heterocycles. The Morgan fingerprint density at radius 1 is 1.26 bits per heavy atom. The van der Waals surface area contributed by atoms with Crippen molar-refractivity contribution < 1.29 is 14.6 Å². The molecular formula is C22H20BrClN4O3. The average molecular weight is 504 g/mol. The molecule has 7 nitrogen and oxygen atoms in total. The van der Waals surface area contributed by atoms with Crippen molar-refractivity contribution >= 4 is 44.4 Å². The van der Waals surface area contributed by atoms with E-state index in [1.165, 1.54) is 4.68 Å². The zero-order valence-corrected chi connectivity index (χ0v) is 19.5. The fraction of sp³-hybridized carbons (Fsp3) is 0.227. The first kappa shape index (κ1) is 21.5. The molecule has 4 rings (SSSR count). The second-order valence-corrected chi connectivity index (χ2v) is 8.85. The number of aliphatic hydroxyl groups is 1. The van der Waals surface area contributed by atoms with Gasteiger partial charge in [0.2, 0.25) is 0 Å². The molecule has 160 valence electrons. The Balaban J connectivity index is 2.11. The van der Waals surface area contributed by atoms with Crippen molar-refractivity contribution in [1.82, 2.24) is 19.6 Å². The molecule has 4 aromatic rings. The van der Waals surface area contributed by atoms with E-state index in [1.54, 1.807) is 43.7 Å². The van der Waals surface area contributed by atoms with Gasteiger partial charge in [0, 0.05) is 20.6 Å². The molecule has 0 atom stereocenters. The SMILES string of the molecule is CCOC(=O)c1c(-n2cc(C(C)(C)O)nn2)c2cc(Br)ccc2n1-c1cccc(Cl)c1. The molecular weight excluding hydrogens is 484 g/mol. The molecule has 0 aliphatic heterocycles. The third kappa shape index (κ3) is 3.98. The first-order valence-corrected chi connectivity index (χ1v) is 10.8. The van der Waals surface area contributed by atoms with Gasteiger partial charge in [0.25, 0.3) is 0 Å². The molecule has 0 spiro atoms. The van der Waals surface area contributed by atoms with Gasteiger partial charge in [0.15, 0.2) is 5.69 Å². The van der Waals surface area contributed by atoms with Crippen LogP contribution in [0.1, 0.15) is 37.0 Å². The fourth-order valence-corrected chi connectivity index (χ4v) is 3.95. The van der Waals surface area contributed by atoms with Crippen LogP contribution in [0.5, 0.6) is 0 Å². The summed E-state index contributed by atoms with van der Waals surface area (Å²) in [7, 11) is 0. The van der Waals surface area contributed by atoms with Crippen molar-refractivity contribution in [2.45, 2.75) is 26.4 Å². The first-order chi connectivity index (χ1) is 14.7. The van der Waals surface area contributed by atoms with Gasteiger partial charge in [-0.15, -0.1) is 5.10 Å². The molecule has 0 bridgehead atoms. The summed E-state index contributed by atoms with van der Waals surface area (Å²) >= 11 is 9.76. The van der Waals surface area contributed by atoms with Crippen molar-refractivity contribution in [3.05, 3.63) is 69.5 Å². The van der Waals surface area contributed by atoms with Crippen LogP contribution >= 0.6 is 27.5 Å². The molecule has 2 heterocycles. The molecule has 0 saturated carbocycles. The van der Waals surface area contributed by atoms with Gasteiger partial charge in [-0.2, -0.15) is 0 Å². The number of hydrogen-bond acceptors (Lipinski definition) is 5. The average Bonchev–Trinajstić information content (AvgIpc) is 3.30. The largest absolute Gasteiger partial charge is 0.461 e. The highest BCUT2D eigenvalue weighted by Crippen LogP contribution is 2.35. The third-order valence-corrected chi connectivity index (χ3v) is 5.52. The molecule has 0 saturated heterocycles. The number of esters is 1. The Morgan fingerprint density at radius 3 is 2.68 bits per heavy atom. The predicted octanol–water partition coefficient (Wildman–Crippen LogP) is 5.03. The Kier molecular flexibility index (Phi) is 5.63. The molecule has 2 aromatic carbocycles. The number of aromatic nitrogens is 4. The summed E-state index contributed by atoms with van der Waals surface area (Å²) in [5.41, 5.74) is 1.44. The van der Waals surface area contributed by atoms with E-state index < -0.39 is 11.6 Å². The highest BCUT2D eigenvalue weighted by Gasteiger charge is 2.29. The van der Waals surface area contributed by atoms with E-state index in [9.17, 15) is 9.90 Å². The molecule has 0 aliphatic rings. The Labute approximate surface area is 192 Å². The van der Waals surface area contributed by atoms with Crippen molar-refractivity contribution in [2.24, 2.45) is 0 Å². The maximum Gasteiger partial charge on any atom is 0.357 e. The summed E-state index contributed by atoms with van der Waals surface area (Å²) in [6, 6.07) is 12.9. The smallest absolute Gasteiger partial charge is 0.357 e. The number of fused-ring (bicyclic) bond motifs is 1. The van der Waals surface area contributed by atoms with Crippen LogP contribution in [0, 0.1) is 0 Å². The second kappa shape index (κ2) is 8.11. The predicted molar refractivity (Wildman–Crippen MR) is 122 cm³/mol. The van der Waals surface area contributed by atoms with E-state index in [1.807, 2.05) is 30.3 Å². The zero-order valence-electron chi connectivity index (χ0n) is 17.1. The monoisotopic (exact) mass is 502 g/mol. The van der Waals surface area contributed by atoms with Crippen LogP contribution in [-0.4, -0.2) is 37.2 Å². The van der Waals surface area contributed by atoms with Gasteiger partial charge < -0.3 is 14.4 Å². The maximum atomic E-state index is 13.2. The van der Waals surface area contributed by atoms with Crippen molar-refractivity contribution in [2.75, 3.05) is 6.61 Å². The van der Waals surface area contributed by atoms with Crippen LogP contribution in [0.3, 0.4) is 0 Å². The highest BCUT2D eigenvalue weighted by molar-refractivity contribution is 9.10. The van der Waals surface area contributed by atoms with Crippen LogP contribution in [0.2, 0.25) is 5.02 Å². The van der Waals surface area contributed by atoms with Gasteiger partial charge in [-0.1, -0.05) is 38.8 Å². The molecule has 31 heavy (non-hydrogen) atoms. The minimum Gasteiger partial charge on any atom is -0.461 e. The summed E-state index contributed by atoms with van der Waals surface area (Å²) in [5, 5.41) is 20.0. The van der Waals surface area contributed by atoms with Crippen LogP contribution < -0.4 is 0 Å². The number of hydrogen-bond donors (Lipinski definition) is 1. The Hall–Kier alpha value is -2.68. The van der Waals surface area contributed by atoms with E-state index in [4.69, 9.17) is 16.3 Å². The minimum atomic E-state index is -1.19. The standard InChI is InChI=1S/C22H20BrClN4O3/c1-4-31-21(29)20-19(27-12-18(25-26-27)22(2,3)30)16-10-13(23)8-9-17(16)28(20)15-7-5-6-14(24)11-15/h5-12,30H,4H2,1-3H3. The summed E-state index contributed by atoms with van der Waals surface area (Å²) < 4.78 is 9.53. The second-order valence-electron chi connectivity index (χ2n) is 7.50. The number of halogens is 2. The lowest BCUT2D eigenvalue weighted by atomic mass is 10.1. The van der Waals surface area contributed by atoms with E-state index in [0.29, 0.717) is 22.1 Å². The third-order valence-electron chi connectivity index (χ3n) is 4.79. The van der Waals surface area contributed by atoms with Crippen molar-refractivity contribution in [3.8, 4) is 11.4 Å². The molecule has 0 radical (unpaired) electrons. The lowest BCUT2D eigenvalue weighted by Crippen LogP contribution is -2.16. The van der Waals surface area contributed by atoms with Gasteiger partial charge in [-0.05, 0) is 57.2 Å². The fourth-order valence-electron chi connectivity index (χ4n) is 3.40. The number of rotatable bonds is 5. The molecule has 0 amide bonds. The Bertz CT molecular complexity index is 1290. The van der Waals surface area contributed by atoms with Gasteiger partial charge in [-0.3, -0.25) is 0 Å². The van der Waals surface area contributed by atoms with Gasteiger partial charge >= 0.3 is 5.97 Å². The Morgan fingerprint density at radius 2 is 2.03 bits per heavy atom. The number of nitrogens with zero attached hydrogens (tertiary/aromatic N) is 4. The number of benzene rings is 2. The molecule has 0 aliphatic carbocycles. The minimum absolute atomic E-state index is 0.214. The highest BCUT2D eigenvalue weighted by atomic mass is 79.9. The van der Waals surface area contributed by atoms with Gasteiger partial charge in [0.1, 0.15) is 17.0 Å². The molecule has 0 unspecified atom stereocenters.